The third-order valence-electron chi connectivity index (χ3n) is 5.31. The number of methoxy groups -OCH3 is 1. The molecule has 8 heteroatoms. The number of likely N-dealkylation sites (tertiary alicyclic amines) is 1. The lowest BCUT2D eigenvalue weighted by atomic mass is 10.1. The number of hydrogen-bond donors (Lipinski definition) is 2. The van der Waals surface area contributed by atoms with E-state index in [-0.39, 0.29) is 10.8 Å². The van der Waals surface area contributed by atoms with Crippen molar-refractivity contribution in [2.24, 2.45) is 11.8 Å². The molecule has 1 aliphatic heterocycles. The lowest BCUT2D eigenvalue weighted by Gasteiger charge is -2.18. The number of rotatable bonds is 9. The van der Waals surface area contributed by atoms with Crippen molar-refractivity contribution >= 4 is 21.6 Å². The van der Waals surface area contributed by atoms with Crippen LogP contribution in [0.4, 0.5) is 5.69 Å². The van der Waals surface area contributed by atoms with Crippen molar-refractivity contribution in [2.45, 2.75) is 25.2 Å². The molecule has 0 spiro atoms. The van der Waals surface area contributed by atoms with Gasteiger partial charge in [0.2, 0.25) is 0 Å². The maximum absolute atomic E-state index is 12.6. The molecule has 0 bridgehead atoms. The lowest BCUT2D eigenvalue weighted by Crippen LogP contribution is -2.31. The van der Waals surface area contributed by atoms with Crippen molar-refractivity contribution in [3.8, 4) is 5.75 Å². The number of hydrogen-bond acceptors (Lipinski definition) is 5. The highest BCUT2D eigenvalue weighted by Crippen LogP contribution is 2.20. The minimum atomic E-state index is -3.74. The average molecular weight is 446 g/mol. The van der Waals surface area contributed by atoms with Gasteiger partial charge in [0.05, 0.1) is 12.0 Å². The van der Waals surface area contributed by atoms with Crippen LogP contribution in [0.15, 0.2) is 53.4 Å². The van der Waals surface area contributed by atoms with Crippen LogP contribution in [0.2, 0.25) is 0 Å². The first kappa shape index (κ1) is 23.1. The van der Waals surface area contributed by atoms with Crippen LogP contribution < -0.4 is 14.8 Å². The highest BCUT2D eigenvalue weighted by molar-refractivity contribution is 7.92. The second-order valence-electron chi connectivity index (χ2n) is 8.38. The monoisotopic (exact) mass is 445 g/mol. The van der Waals surface area contributed by atoms with Crippen LogP contribution in [-0.2, 0) is 10.0 Å². The Hall–Kier alpha value is -2.58. The van der Waals surface area contributed by atoms with E-state index >= 15 is 0 Å². The zero-order valence-electron chi connectivity index (χ0n) is 18.3. The Morgan fingerprint density at radius 2 is 1.81 bits per heavy atom. The first-order chi connectivity index (χ1) is 14.8. The van der Waals surface area contributed by atoms with E-state index in [9.17, 15) is 13.2 Å². The van der Waals surface area contributed by atoms with Gasteiger partial charge in [0.1, 0.15) is 5.75 Å². The normalized spacial score (nSPS) is 17.0. The molecule has 1 fully saturated rings. The Balaban J connectivity index is 1.54. The number of ether oxygens (including phenoxy) is 1. The van der Waals surface area contributed by atoms with E-state index in [1.54, 1.807) is 31.4 Å². The SMILES string of the molecule is COc1ccc(NS(=O)(=O)c2ccc(C(=O)NC[C@H]3CCN(CC(C)C)C3)cc2)cc1. The van der Waals surface area contributed by atoms with Crippen LogP contribution in [0.3, 0.4) is 0 Å². The number of amides is 1. The van der Waals surface area contributed by atoms with Crippen molar-refractivity contribution in [3.05, 3.63) is 54.1 Å². The topological polar surface area (TPSA) is 87.7 Å². The lowest BCUT2D eigenvalue weighted by molar-refractivity contribution is 0.0947. The van der Waals surface area contributed by atoms with Crippen LogP contribution in [0.5, 0.6) is 5.75 Å². The molecule has 1 aliphatic rings. The molecule has 2 N–H and O–H groups in total. The van der Waals surface area contributed by atoms with E-state index in [0.717, 1.165) is 26.1 Å². The van der Waals surface area contributed by atoms with Gasteiger partial charge in [-0.05, 0) is 73.3 Å². The van der Waals surface area contributed by atoms with Crippen LogP contribution >= 0.6 is 0 Å². The fraction of sp³-hybridized carbons (Fsp3) is 0.435. The van der Waals surface area contributed by atoms with Gasteiger partial charge in [0, 0.05) is 30.9 Å². The van der Waals surface area contributed by atoms with Crippen LogP contribution in [0.1, 0.15) is 30.6 Å². The molecule has 0 unspecified atom stereocenters. The number of anilines is 1. The fourth-order valence-electron chi connectivity index (χ4n) is 3.76. The molecule has 2 aromatic rings. The maximum Gasteiger partial charge on any atom is 0.261 e. The summed E-state index contributed by atoms with van der Waals surface area (Å²) in [6.07, 6.45) is 1.08. The number of sulfonamides is 1. The Kier molecular flexibility index (Phi) is 7.56. The van der Waals surface area contributed by atoms with Crippen LogP contribution in [-0.4, -0.2) is 52.5 Å². The van der Waals surface area contributed by atoms with Gasteiger partial charge in [-0.1, -0.05) is 13.8 Å². The molecule has 168 valence electrons. The maximum atomic E-state index is 12.6. The third-order valence-corrected chi connectivity index (χ3v) is 6.71. The number of nitrogens with one attached hydrogen (secondary N) is 2. The van der Waals surface area contributed by atoms with E-state index in [2.05, 4.69) is 28.8 Å². The minimum Gasteiger partial charge on any atom is -0.497 e. The van der Waals surface area contributed by atoms with Gasteiger partial charge in [-0.25, -0.2) is 8.42 Å². The summed E-state index contributed by atoms with van der Waals surface area (Å²) >= 11 is 0. The molecule has 1 atom stereocenters. The van der Waals surface area contributed by atoms with Gasteiger partial charge >= 0.3 is 0 Å². The molecule has 1 amide bonds. The van der Waals surface area contributed by atoms with Crippen molar-refractivity contribution in [1.29, 1.82) is 0 Å². The van der Waals surface area contributed by atoms with Crippen molar-refractivity contribution in [3.63, 3.8) is 0 Å². The van der Waals surface area contributed by atoms with Gasteiger partial charge in [-0.3, -0.25) is 9.52 Å². The highest BCUT2D eigenvalue weighted by Gasteiger charge is 2.23. The quantitative estimate of drug-likeness (QED) is 0.619. The molecule has 1 heterocycles. The molecule has 0 radical (unpaired) electrons. The summed E-state index contributed by atoms with van der Waals surface area (Å²) in [5.41, 5.74) is 0.881. The van der Waals surface area contributed by atoms with Crippen molar-refractivity contribution in [1.82, 2.24) is 10.2 Å². The van der Waals surface area contributed by atoms with Gasteiger partial charge in [-0.15, -0.1) is 0 Å². The van der Waals surface area contributed by atoms with Crippen LogP contribution in [0, 0.1) is 11.8 Å². The van der Waals surface area contributed by atoms with E-state index in [1.807, 2.05) is 0 Å². The first-order valence-corrected chi connectivity index (χ1v) is 12.0. The van der Waals surface area contributed by atoms with Gasteiger partial charge in [0.15, 0.2) is 0 Å². The number of carbonyl (C=O) groups is 1. The van der Waals surface area contributed by atoms with Crippen LogP contribution in [0.25, 0.3) is 0 Å². The summed E-state index contributed by atoms with van der Waals surface area (Å²) in [6.45, 7) is 8.23. The van der Waals surface area contributed by atoms with E-state index in [0.29, 0.717) is 35.4 Å². The summed E-state index contributed by atoms with van der Waals surface area (Å²) in [6, 6.07) is 12.6. The molecule has 2 aromatic carbocycles. The molecule has 7 nitrogen and oxygen atoms in total. The summed E-state index contributed by atoms with van der Waals surface area (Å²) < 4.78 is 32.8. The highest BCUT2D eigenvalue weighted by atomic mass is 32.2. The van der Waals surface area contributed by atoms with E-state index < -0.39 is 10.0 Å². The second kappa shape index (κ2) is 10.2. The predicted molar refractivity (Wildman–Crippen MR) is 122 cm³/mol. The molecule has 0 aliphatic carbocycles. The van der Waals surface area contributed by atoms with Gasteiger partial charge in [-0.2, -0.15) is 0 Å². The smallest absolute Gasteiger partial charge is 0.261 e. The molecule has 31 heavy (non-hydrogen) atoms. The van der Waals surface area contributed by atoms with Crippen molar-refractivity contribution in [2.75, 3.05) is 38.0 Å². The van der Waals surface area contributed by atoms with E-state index in [4.69, 9.17) is 4.74 Å². The van der Waals surface area contributed by atoms with E-state index in [1.165, 1.54) is 24.3 Å². The molecule has 0 aromatic heterocycles. The second-order valence-corrected chi connectivity index (χ2v) is 10.1. The molecule has 1 saturated heterocycles. The summed E-state index contributed by atoms with van der Waals surface area (Å²) in [7, 11) is -2.20. The zero-order valence-corrected chi connectivity index (χ0v) is 19.1. The Labute approximate surface area is 184 Å². The average Bonchev–Trinajstić information content (AvgIpc) is 3.19. The Morgan fingerprint density at radius 3 is 2.42 bits per heavy atom. The zero-order chi connectivity index (χ0) is 22.4. The first-order valence-electron chi connectivity index (χ1n) is 10.5. The number of nitrogens with zero attached hydrogens (tertiary/aromatic N) is 1. The summed E-state index contributed by atoms with van der Waals surface area (Å²) in [4.78, 5) is 15.0. The minimum absolute atomic E-state index is 0.0972. The van der Waals surface area contributed by atoms with Gasteiger partial charge < -0.3 is 15.0 Å². The molecular weight excluding hydrogens is 414 g/mol. The number of carbonyl (C=O) groups excluding carboxylic acids is 1. The Bertz CT molecular complexity index is 973. The largest absolute Gasteiger partial charge is 0.497 e. The Morgan fingerprint density at radius 1 is 1.13 bits per heavy atom. The number of benzene rings is 2. The van der Waals surface area contributed by atoms with Gasteiger partial charge in [0.25, 0.3) is 15.9 Å². The standard InChI is InChI=1S/C23H31N3O4S/c1-17(2)15-26-13-12-18(16-26)14-24-23(27)19-4-10-22(11-5-19)31(28,29)25-20-6-8-21(30-3)9-7-20/h4-11,17-18,25H,12-16H2,1-3H3,(H,24,27)/t18-/m1/s1. The summed E-state index contributed by atoms with van der Waals surface area (Å²) in [5.74, 6) is 1.55. The third kappa shape index (κ3) is 6.45. The summed E-state index contributed by atoms with van der Waals surface area (Å²) in [5, 5.41) is 2.98. The molecule has 0 saturated carbocycles. The molecule has 3 rings (SSSR count). The van der Waals surface area contributed by atoms with Crippen molar-refractivity contribution < 1.29 is 17.9 Å². The predicted octanol–water partition coefficient (Wildman–Crippen LogP) is 3.20. The fourth-order valence-corrected chi connectivity index (χ4v) is 4.82. The molecular formula is C23H31N3O4S.